The second kappa shape index (κ2) is 7.62. The molecule has 0 aliphatic heterocycles. The SMILES string of the molecule is CN(C)CCOC(c1ccccc1)c1ccc(C(F)(F)F)cc1. The summed E-state index contributed by atoms with van der Waals surface area (Å²) in [6.07, 6.45) is -4.70. The number of likely N-dealkylation sites (N-methyl/N-ethyl adjacent to an activating group) is 1. The van der Waals surface area contributed by atoms with Crippen LogP contribution in [0.2, 0.25) is 0 Å². The molecule has 0 aromatic heterocycles. The van der Waals surface area contributed by atoms with Crippen LogP contribution in [0.1, 0.15) is 22.8 Å². The van der Waals surface area contributed by atoms with Gasteiger partial charge in [-0.25, -0.2) is 0 Å². The Hall–Kier alpha value is -1.85. The van der Waals surface area contributed by atoms with Crippen molar-refractivity contribution in [3.8, 4) is 0 Å². The van der Waals surface area contributed by atoms with Crippen molar-refractivity contribution >= 4 is 0 Å². The van der Waals surface area contributed by atoms with E-state index in [1.807, 2.05) is 49.3 Å². The molecule has 1 atom stereocenters. The Balaban J connectivity index is 2.22. The monoisotopic (exact) mass is 323 g/mol. The van der Waals surface area contributed by atoms with E-state index in [1.54, 1.807) is 0 Å². The standard InChI is InChI=1S/C18H20F3NO/c1-22(2)12-13-23-17(14-6-4-3-5-7-14)15-8-10-16(11-9-15)18(19,20)21/h3-11,17H,12-13H2,1-2H3. The van der Waals surface area contributed by atoms with Gasteiger partial charge in [0.2, 0.25) is 0 Å². The van der Waals surface area contributed by atoms with Crippen LogP contribution in [0.4, 0.5) is 13.2 Å². The first kappa shape index (κ1) is 17.5. The number of rotatable bonds is 6. The minimum atomic E-state index is -4.33. The Morgan fingerprint density at radius 1 is 0.913 bits per heavy atom. The van der Waals surface area contributed by atoms with E-state index < -0.39 is 11.7 Å². The van der Waals surface area contributed by atoms with Crippen LogP contribution < -0.4 is 0 Å². The highest BCUT2D eigenvalue weighted by Crippen LogP contribution is 2.32. The number of hydrogen-bond acceptors (Lipinski definition) is 2. The summed E-state index contributed by atoms with van der Waals surface area (Å²) in [7, 11) is 3.89. The van der Waals surface area contributed by atoms with Gasteiger partial charge in [-0.05, 0) is 37.4 Å². The summed E-state index contributed by atoms with van der Waals surface area (Å²) in [5, 5.41) is 0. The molecule has 5 heteroatoms. The molecule has 2 aromatic rings. The fraction of sp³-hybridized carbons (Fsp3) is 0.333. The van der Waals surface area contributed by atoms with Gasteiger partial charge < -0.3 is 9.64 Å². The molecule has 0 N–H and O–H groups in total. The van der Waals surface area contributed by atoms with E-state index in [2.05, 4.69) is 0 Å². The fourth-order valence-corrected chi connectivity index (χ4v) is 2.21. The molecule has 2 rings (SSSR count). The van der Waals surface area contributed by atoms with Crippen LogP contribution in [-0.4, -0.2) is 32.1 Å². The average molecular weight is 323 g/mol. The molecule has 0 amide bonds. The molecular formula is C18H20F3NO. The van der Waals surface area contributed by atoms with Crippen molar-refractivity contribution in [2.24, 2.45) is 0 Å². The summed E-state index contributed by atoms with van der Waals surface area (Å²) >= 11 is 0. The number of alkyl halides is 3. The molecule has 2 nitrogen and oxygen atoms in total. The summed E-state index contributed by atoms with van der Waals surface area (Å²) in [6, 6.07) is 14.7. The second-order valence-corrected chi connectivity index (χ2v) is 5.58. The third-order valence-electron chi connectivity index (χ3n) is 3.47. The second-order valence-electron chi connectivity index (χ2n) is 5.58. The normalized spacial score (nSPS) is 13.3. The van der Waals surface area contributed by atoms with E-state index in [9.17, 15) is 13.2 Å². The summed E-state index contributed by atoms with van der Waals surface area (Å²) in [5.74, 6) is 0. The van der Waals surface area contributed by atoms with Gasteiger partial charge in [0.25, 0.3) is 0 Å². The zero-order valence-electron chi connectivity index (χ0n) is 13.2. The van der Waals surface area contributed by atoms with E-state index in [0.717, 1.165) is 24.2 Å². The Morgan fingerprint density at radius 2 is 1.48 bits per heavy atom. The van der Waals surface area contributed by atoms with Crippen LogP contribution in [0.15, 0.2) is 54.6 Å². The van der Waals surface area contributed by atoms with Crippen molar-refractivity contribution in [3.63, 3.8) is 0 Å². The van der Waals surface area contributed by atoms with Gasteiger partial charge in [0.1, 0.15) is 6.10 Å². The zero-order chi connectivity index (χ0) is 16.9. The maximum Gasteiger partial charge on any atom is 0.416 e. The lowest BCUT2D eigenvalue weighted by Crippen LogP contribution is -2.20. The Bertz CT molecular complexity index is 594. The first-order valence-corrected chi connectivity index (χ1v) is 7.36. The minimum absolute atomic E-state index is 0.376. The van der Waals surface area contributed by atoms with E-state index in [1.165, 1.54) is 12.1 Å². The van der Waals surface area contributed by atoms with Gasteiger partial charge >= 0.3 is 6.18 Å². The number of hydrogen-bond donors (Lipinski definition) is 0. The molecule has 0 radical (unpaired) electrons. The van der Waals surface area contributed by atoms with E-state index in [-0.39, 0.29) is 6.10 Å². The highest BCUT2D eigenvalue weighted by molar-refractivity contribution is 5.33. The van der Waals surface area contributed by atoms with Gasteiger partial charge in [0, 0.05) is 6.54 Å². The maximum atomic E-state index is 12.7. The molecule has 0 saturated carbocycles. The largest absolute Gasteiger partial charge is 0.416 e. The summed E-state index contributed by atoms with van der Waals surface area (Å²) in [4.78, 5) is 1.99. The number of halogens is 3. The molecule has 0 aliphatic carbocycles. The molecule has 124 valence electrons. The summed E-state index contributed by atoms with van der Waals surface area (Å²) in [6.45, 7) is 1.23. The number of nitrogens with zero attached hydrogens (tertiary/aromatic N) is 1. The zero-order valence-corrected chi connectivity index (χ0v) is 13.2. The van der Waals surface area contributed by atoms with Gasteiger partial charge in [0.05, 0.1) is 12.2 Å². The summed E-state index contributed by atoms with van der Waals surface area (Å²) < 4.78 is 44.0. The highest BCUT2D eigenvalue weighted by atomic mass is 19.4. The van der Waals surface area contributed by atoms with Gasteiger partial charge in [-0.1, -0.05) is 42.5 Å². The van der Waals surface area contributed by atoms with Crippen LogP contribution in [0.25, 0.3) is 0 Å². The van der Waals surface area contributed by atoms with Crippen LogP contribution in [0.3, 0.4) is 0 Å². The first-order valence-electron chi connectivity index (χ1n) is 7.36. The van der Waals surface area contributed by atoms with Crippen LogP contribution in [0, 0.1) is 0 Å². The molecule has 0 aliphatic rings. The maximum absolute atomic E-state index is 12.7. The lowest BCUT2D eigenvalue weighted by molar-refractivity contribution is -0.137. The minimum Gasteiger partial charge on any atom is -0.367 e. The lowest BCUT2D eigenvalue weighted by atomic mass is 10.00. The predicted molar refractivity (Wildman–Crippen MR) is 84.2 cm³/mol. The van der Waals surface area contributed by atoms with Crippen molar-refractivity contribution in [1.29, 1.82) is 0 Å². The number of benzene rings is 2. The average Bonchev–Trinajstić information content (AvgIpc) is 2.51. The smallest absolute Gasteiger partial charge is 0.367 e. The molecule has 0 saturated heterocycles. The Morgan fingerprint density at radius 3 is 2.00 bits per heavy atom. The van der Waals surface area contributed by atoms with Crippen LogP contribution in [0.5, 0.6) is 0 Å². The van der Waals surface area contributed by atoms with Gasteiger partial charge in [-0.2, -0.15) is 13.2 Å². The van der Waals surface area contributed by atoms with Gasteiger partial charge in [0.15, 0.2) is 0 Å². The van der Waals surface area contributed by atoms with Gasteiger partial charge in [-0.3, -0.25) is 0 Å². The predicted octanol–water partition coefficient (Wildman–Crippen LogP) is 4.37. The summed E-state index contributed by atoms with van der Waals surface area (Å²) in [5.41, 5.74) is 0.982. The lowest BCUT2D eigenvalue weighted by Gasteiger charge is -2.21. The molecule has 0 fully saturated rings. The molecular weight excluding hydrogens is 303 g/mol. The third kappa shape index (κ3) is 5.08. The van der Waals surface area contributed by atoms with Gasteiger partial charge in [-0.15, -0.1) is 0 Å². The molecule has 23 heavy (non-hydrogen) atoms. The molecule has 0 heterocycles. The number of ether oxygens (including phenoxy) is 1. The molecule has 0 bridgehead atoms. The fourth-order valence-electron chi connectivity index (χ4n) is 2.21. The van der Waals surface area contributed by atoms with Crippen molar-refractivity contribution < 1.29 is 17.9 Å². The van der Waals surface area contributed by atoms with Crippen molar-refractivity contribution in [2.75, 3.05) is 27.2 Å². The van der Waals surface area contributed by atoms with E-state index in [4.69, 9.17) is 4.74 Å². The quantitative estimate of drug-likeness (QED) is 0.782. The molecule has 1 unspecified atom stereocenters. The third-order valence-corrected chi connectivity index (χ3v) is 3.47. The molecule has 2 aromatic carbocycles. The Kier molecular flexibility index (Phi) is 5.80. The Labute approximate surface area is 134 Å². The van der Waals surface area contributed by atoms with E-state index in [0.29, 0.717) is 12.2 Å². The van der Waals surface area contributed by atoms with Crippen molar-refractivity contribution in [2.45, 2.75) is 12.3 Å². The van der Waals surface area contributed by atoms with Crippen LogP contribution in [-0.2, 0) is 10.9 Å². The molecule has 0 spiro atoms. The van der Waals surface area contributed by atoms with Crippen molar-refractivity contribution in [3.05, 3.63) is 71.3 Å². The topological polar surface area (TPSA) is 12.5 Å². The highest BCUT2D eigenvalue weighted by Gasteiger charge is 2.30. The van der Waals surface area contributed by atoms with Crippen LogP contribution >= 0.6 is 0 Å². The van der Waals surface area contributed by atoms with Crippen molar-refractivity contribution in [1.82, 2.24) is 4.90 Å². The van der Waals surface area contributed by atoms with E-state index >= 15 is 0 Å². The first-order chi connectivity index (χ1) is 10.9.